The van der Waals surface area contributed by atoms with Crippen LogP contribution in [0.1, 0.15) is 6.92 Å². The van der Waals surface area contributed by atoms with Gasteiger partial charge in [-0.2, -0.15) is 0 Å². The summed E-state index contributed by atoms with van der Waals surface area (Å²) in [5.41, 5.74) is 9.86. The van der Waals surface area contributed by atoms with E-state index in [1.165, 1.54) is 0 Å². The van der Waals surface area contributed by atoms with Crippen LogP contribution in [0.5, 0.6) is 0 Å². The van der Waals surface area contributed by atoms with Gasteiger partial charge in [0.1, 0.15) is 0 Å². The van der Waals surface area contributed by atoms with Gasteiger partial charge in [0, 0.05) is 6.54 Å². The first kappa shape index (κ1) is 52.0. The van der Waals surface area contributed by atoms with Gasteiger partial charge in [-0.25, -0.2) is 0 Å². The summed E-state index contributed by atoms with van der Waals surface area (Å²) in [7, 11) is 0. The summed E-state index contributed by atoms with van der Waals surface area (Å²) >= 11 is 0. The van der Waals surface area contributed by atoms with E-state index in [-0.39, 0.29) is 80.4 Å². The highest BCUT2D eigenvalue weighted by molar-refractivity contribution is 5.86. The summed E-state index contributed by atoms with van der Waals surface area (Å²) in [4.78, 5) is 3.60. The summed E-state index contributed by atoms with van der Waals surface area (Å²) in [6.07, 6.45) is 0. The molecule has 3 nitrogen and oxygen atoms in total. The number of guanidine groups is 1. The molecule has 84 valence electrons. The van der Waals surface area contributed by atoms with Gasteiger partial charge in [0.05, 0.1) is 0 Å². The molecular formula is C3H15Cl6N3. The highest BCUT2D eigenvalue weighted by Crippen LogP contribution is 1.58. The van der Waals surface area contributed by atoms with E-state index in [1.807, 2.05) is 6.92 Å². The molecule has 12 heavy (non-hydrogen) atoms. The van der Waals surface area contributed by atoms with E-state index >= 15 is 0 Å². The highest BCUT2D eigenvalue weighted by atomic mass is 35.5. The molecule has 0 saturated heterocycles. The van der Waals surface area contributed by atoms with Crippen LogP contribution in [-0.2, 0) is 0 Å². The van der Waals surface area contributed by atoms with Crippen LogP contribution in [0.3, 0.4) is 0 Å². The Morgan fingerprint density at radius 1 is 0.917 bits per heavy atom. The molecule has 0 aliphatic carbocycles. The molecule has 0 saturated carbocycles. The number of rotatable bonds is 1. The third-order valence-electron chi connectivity index (χ3n) is 0.341. The zero-order valence-corrected chi connectivity index (χ0v) is 11.2. The second kappa shape index (κ2) is 40.3. The van der Waals surface area contributed by atoms with Gasteiger partial charge in [-0.1, -0.05) is 0 Å². The van der Waals surface area contributed by atoms with Gasteiger partial charge in [0.2, 0.25) is 0 Å². The standard InChI is InChI=1S/C3H9N3.6ClH/c1-2-6-3(4)5;;;;;;/h2H2,1H3,(H4,4,5,6);6*1H. The van der Waals surface area contributed by atoms with Gasteiger partial charge in [0.25, 0.3) is 0 Å². The Morgan fingerprint density at radius 2 is 1.17 bits per heavy atom. The Bertz CT molecular complexity index is 65.1. The number of hydrogen-bond acceptors (Lipinski definition) is 1. The monoisotopic (exact) mass is 303 g/mol. The quantitative estimate of drug-likeness (QED) is 0.573. The normalized spacial score (nSPS) is 3.75. The number of nitrogens with zero attached hydrogens (tertiary/aromatic N) is 1. The maximum absolute atomic E-state index is 4.93. The minimum atomic E-state index is 0. The summed E-state index contributed by atoms with van der Waals surface area (Å²) in [5.74, 6) is 0.164. The van der Waals surface area contributed by atoms with Crippen molar-refractivity contribution in [1.82, 2.24) is 0 Å². The molecule has 0 atom stereocenters. The van der Waals surface area contributed by atoms with Crippen molar-refractivity contribution in [2.24, 2.45) is 16.5 Å². The molecule has 9 heteroatoms. The Hall–Kier alpha value is 1.01. The van der Waals surface area contributed by atoms with E-state index in [0.717, 1.165) is 0 Å². The van der Waals surface area contributed by atoms with E-state index in [1.54, 1.807) is 0 Å². The van der Waals surface area contributed by atoms with Gasteiger partial charge < -0.3 is 11.5 Å². The lowest BCUT2D eigenvalue weighted by atomic mass is 10.8. The average Bonchev–Trinajstić information content (AvgIpc) is 1.35. The number of hydrogen-bond donors (Lipinski definition) is 2. The second-order valence-electron chi connectivity index (χ2n) is 0.899. The van der Waals surface area contributed by atoms with E-state index in [9.17, 15) is 0 Å². The number of halogens is 6. The summed E-state index contributed by atoms with van der Waals surface area (Å²) < 4.78 is 0. The van der Waals surface area contributed by atoms with Crippen molar-refractivity contribution in [1.29, 1.82) is 0 Å². The van der Waals surface area contributed by atoms with Crippen LogP contribution >= 0.6 is 74.4 Å². The Morgan fingerprint density at radius 3 is 1.17 bits per heavy atom. The van der Waals surface area contributed by atoms with Crippen molar-refractivity contribution >= 4 is 80.4 Å². The first-order valence-corrected chi connectivity index (χ1v) is 1.82. The molecule has 0 aromatic carbocycles. The van der Waals surface area contributed by atoms with E-state index in [2.05, 4.69) is 4.99 Å². The lowest BCUT2D eigenvalue weighted by Crippen LogP contribution is -2.22. The van der Waals surface area contributed by atoms with Crippen LogP contribution < -0.4 is 11.5 Å². The molecule has 0 rings (SSSR count). The smallest absolute Gasteiger partial charge is 0.185 e. The lowest BCUT2D eigenvalue weighted by molar-refractivity contribution is 1.11. The predicted octanol–water partition coefficient (Wildman–Crippen LogP) is 1.81. The van der Waals surface area contributed by atoms with E-state index in [4.69, 9.17) is 11.5 Å². The van der Waals surface area contributed by atoms with Gasteiger partial charge in [-0.15, -0.1) is 74.4 Å². The fraction of sp³-hybridized carbons (Fsp3) is 0.667. The van der Waals surface area contributed by atoms with Crippen LogP contribution in [0, 0.1) is 0 Å². The van der Waals surface area contributed by atoms with E-state index < -0.39 is 0 Å². The SMILES string of the molecule is CCN=C(N)N.Cl.Cl.Cl.Cl.Cl.Cl. The maximum atomic E-state index is 4.93. The van der Waals surface area contributed by atoms with Crippen LogP contribution in [0.15, 0.2) is 4.99 Å². The van der Waals surface area contributed by atoms with Gasteiger partial charge >= 0.3 is 0 Å². The molecule has 0 amide bonds. The second-order valence-corrected chi connectivity index (χ2v) is 0.899. The first-order chi connectivity index (χ1) is 2.77. The third kappa shape index (κ3) is 68.6. The van der Waals surface area contributed by atoms with Crippen LogP contribution in [0.4, 0.5) is 0 Å². The Labute approximate surface area is 110 Å². The minimum Gasteiger partial charge on any atom is -0.370 e. The first-order valence-electron chi connectivity index (χ1n) is 1.82. The molecule has 0 unspecified atom stereocenters. The maximum Gasteiger partial charge on any atom is 0.185 e. The number of nitrogens with two attached hydrogens (primary N) is 2. The van der Waals surface area contributed by atoms with Crippen molar-refractivity contribution in [3.8, 4) is 0 Å². The molecule has 4 N–H and O–H groups in total. The summed E-state index contributed by atoms with van der Waals surface area (Å²) in [5, 5.41) is 0. The molecule has 0 fully saturated rings. The van der Waals surface area contributed by atoms with E-state index in [0.29, 0.717) is 6.54 Å². The lowest BCUT2D eigenvalue weighted by Gasteiger charge is -1.82. The highest BCUT2D eigenvalue weighted by Gasteiger charge is 1.68. The van der Waals surface area contributed by atoms with Crippen LogP contribution in [0.25, 0.3) is 0 Å². The number of aliphatic imine (C=N–C) groups is 1. The Kier molecular flexibility index (Phi) is 175. The zero-order chi connectivity index (χ0) is 4.99. The predicted molar refractivity (Wildman–Crippen MR) is 69.8 cm³/mol. The van der Waals surface area contributed by atoms with Crippen LogP contribution in [0.2, 0.25) is 0 Å². The van der Waals surface area contributed by atoms with Gasteiger partial charge in [-0.05, 0) is 6.92 Å². The molecule has 0 aromatic heterocycles. The molecule has 0 bridgehead atoms. The fourth-order valence-corrected chi connectivity index (χ4v) is 0.183. The molecule has 0 radical (unpaired) electrons. The van der Waals surface area contributed by atoms with Crippen LogP contribution in [-0.4, -0.2) is 12.5 Å². The third-order valence-corrected chi connectivity index (χ3v) is 0.341. The molecule has 0 aliphatic heterocycles. The zero-order valence-electron chi connectivity index (χ0n) is 6.26. The molecular weight excluding hydrogens is 291 g/mol. The van der Waals surface area contributed by atoms with Crippen molar-refractivity contribution in [3.05, 3.63) is 0 Å². The van der Waals surface area contributed by atoms with Crippen molar-refractivity contribution < 1.29 is 0 Å². The molecule has 0 aromatic rings. The van der Waals surface area contributed by atoms with Gasteiger partial charge in [0.15, 0.2) is 5.96 Å². The Balaban J connectivity index is -0.00000000833. The summed E-state index contributed by atoms with van der Waals surface area (Å²) in [6.45, 7) is 2.54. The minimum absolute atomic E-state index is 0. The van der Waals surface area contributed by atoms with Gasteiger partial charge in [-0.3, -0.25) is 4.99 Å². The molecule has 0 heterocycles. The fourth-order valence-electron chi connectivity index (χ4n) is 0.183. The van der Waals surface area contributed by atoms with Crippen molar-refractivity contribution in [3.63, 3.8) is 0 Å². The van der Waals surface area contributed by atoms with Crippen molar-refractivity contribution in [2.75, 3.05) is 6.54 Å². The molecule has 0 aliphatic rings. The summed E-state index contributed by atoms with van der Waals surface area (Å²) in [6, 6.07) is 0. The topological polar surface area (TPSA) is 64.4 Å². The average molecular weight is 306 g/mol. The van der Waals surface area contributed by atoms with Crippen molar-refractivity contribution in [2.45, 2.75) is 6.92 Å². The molecule has 0 spiro atoms. The largest absolute Gasteiger partial charge is 0.370 e.